The summed E-state index contributed by atoms with van der Waals surface area (Å²) in [5, 5.41) is 0. The molecule has 172 valence electrons. The average molecular weight is 427 g/mol. The van der Waals surface area contributed by atoms with E-state index in [-0.39, 0.29) is 0 Å². The van der Waals surface area contributed by atoms with Crippen LogP contribution < -0.4 is 9.80 Å². The van der Waals surface area contributed by atoms with Crippen molar-refractivity contribution in [3.63, 3.8) is 0 Å². The molecule has 2 aromatic rings. The van der Waals surface area contributed by atoms with Crippen LogP contribution in [0.25, 0.3) is 0 Å². The highest BCUT2D eigenvalue weighted by Gasteiger charge is 2.11. The largest absolute Gasteiger partial charge is 0.341 e. The Morgan fingerprint density at radius 1 is 0.516 bits per heavy atom. The molecule has 0 saturated heterocycles. The molecule has 0 aliphatic heterocycles. The zero-order chi connectivity index (χ0) is 22.3. The molecule has 2 rings (SSSR count). The van der Waals surface area contributed by atoms with Crippen LogP contribution in [0.15, 0.2) is 24.8 Å². The van der Waals surface area contributed by atoms with E-state index in [2.05, 4.69) is 57.4 Å². The molecule has 0 atom stereocenters. The molecule has 0 aliphatic carbocycles. The quantitative estimate of drug-likeness (QED) is 0.345. The van der Waals surface area contributed by atoms with Gasteiger partial charge in [0.05, 0.1) is 0 Å². The molecular weight excluding hydrogens is 384 g/mol. The van der Waals surface area contributed by atoms with E-state index in [0.717, 1.165) is 55.6 Å². The van der Waals surface area contributed by atoms with Crippen LogP contribution in [-0.4, -0.2) is 46.1 Å². The highest BCUT2D eigenvalue weighted by Crippen LogP contribution is 2.14. The van der Waals surface area contributed by atoms with Gasteiger partial charge < -0.3 is 9.80 Å². The van der Waals surface area contributed by atoms with Gasteiger partial charge in [-0.25, -0.2) is 19.9 Å². The molecule has 0 spiro atoms. The molecule has 0 bridgehead atoms. The van der Waals surface area contributed by atoms with Crippen LogP contribution in [0.3, 0.4) is 0 Å². The van der Waals surface area contributed by atoms with Gasteiger partial charge in [-0.2, -0.15) is 0 Å². The Labute approximate surface area is 189 Å². The van der Waals surface area contributed by atoms with Crippen LogP contribution >= 0.6 is 0 Å². The molecule has 0 fully saturated rings. The minimum Gasteiger partial charge on any atom is -0.341 e. The summed E-state index contributed by atoms with van der Waals surface area (Å²) in [6, 6.07) is 0. The summed E-state index contributed by atoms with van der Waals surface area (Å²) < 4.78 is 0. The maximum Gasteiger partial charge on any atom is 0.225 e. The highest BCUT2D eigenvalue weighted by molar-refractivity contribution is 5.33. The maximum absolute atomic E-state index is 4.66. The summed E-state index contributed by atoms with van der Waals surface area (Å²) in [4.78, 5) is 23.3. The summed E-state index contributed by atoms with van der Waals surface area (Å²) in [6.07, 6.45) is 18.0. The van der Waals surface area contributed by atoms with Crippen molar-refractivity contribution in [3.05, 3.63) is 35.9 Å². The van der Waals surface area contributed by atoms with E-state index in [1.165, 1.54) is 51.4 Å². The van der Waals surface area contributed by atoms with Crippen LogP contribution in [0.1, 0.15) is 90.2 Å². The third-order valence-electron chi connectivity index (χ3n) is 5.48. The van der Waals surface area contributed by atoms with E-state index in [0.29, 0.717) is 0 Å². The first-order valence-corrected chi connectivity index (χ1v) is 12.3. The van der Waals surface area contributed by atoms with Crippen molar-refractivity contribution >= 4 is 11.9 Å². The number of hydrogen-bond donors (Lipinski definition) is 0. The molecule has 0 radical (unpaired) electrons. The van der Waals surface area contributed by atoms with Gasteiger partial charge in [0.2, 0.25) is 11.9 Å². The van der Waals surface area contributed by atoms with Gasteiger partial charge in [-0.05, 0) is 36.8 Å². The molecule has 0 aromatic carbocycles. The summed E-state index contributed by atoms with van der Waals surface area (Å²) in [5.41, 5.74) is 2.19. The first-order valence-electron chi connectivity index (χ1n) is 12.3. The monoisotopic (exact) mass is 426 g/mol. The zero-order valence-electron chi connectivity index (χ0n) is 20.2. The number of nitrogens with zero attached hydrogens (tertiary/aromatic N) is 6. The predicted molar refractivity (Wildman–Crippen MR) is 131 cm³/mol. The van der Waals surface area contributed by atoms with Gasteiger partial charge >= 0.3 is 0 Å². The molecule has 2 heterocycles. The second kappa shape index (κ2) is 14.7. The Hall–Kier alpha value is -2.24. The number of hydrogen-bond acceptors (Lipinski definition) is 6. The van der Waals surface area contributed by atoms with E-state index >= 15 is 0 Å². The normalized spacial score (nSPS) is 11.0. The molecule has 0 saturated carbocycles. The summed E-state index contributed by atoms with van der Waals surface area (Å²) >= 11 is 0. The van der Waals surface area contributed by atoms with Crippen LogP contribution in [0.5, 0.6) is 0 Å². The lowest BCUT2D eigenvalue weighted by atomic mass is 10.1. The highest BCUT2D eigenvalue weighted by atomic mass is 15.2. The SMILES string of the molecule is CCCCN(CCCC)c1ncc(Cc2cnc(N(CCCC)CCCC)nc2)cn1. The van der Waals surface area contributed by atoms with Gasteiger partial charge in [-0.3, -0.25) is 0 Å². The molecule has 31 heavy (non-hydrogen) atoms. The fourth-order valence-electron chi connectivity index (χ4n) is 3.46. The Kier molecular flexibility index (Phi) is 11.9. The zero-order valence-corrected chi connectivity index (χ0v) is 20.2. The summed E-state index contributed by atoms with van der Waals surface area (Å²) in [5.74, 6) is 1.69. The first-order chi connectivity index (χ1) is 15.2. The first kappa shape index (κ1) is 25.0. The predicted octanol–water partition coefficient (Wildman–Crippen LogP) is 5.67. The van der Waals surface area contributed by atoms with Gasteiger partial charge in [-0.1, -0.05) is 53.4 Å². The molecule has 6 heteroatoms. The van der Waals surface area contributed by atoms with Gasteiger partial charge in [-0.15, -0.1) is 0 Å². The van der Waals surface area contributed by atoms with E-state index in [1.54, 1.807) is 0 Å². The standard InChI is InChI=1S/C25H42N6/c1-5-9-13-30(14-10-6-2)24-26-18-22(19-27-24)17-23-20-28-25(29-21-23)31(15-11-7-3)16-12-8-4/h18-21H,5-17H2,1-4H3. The molecule has 6 nitrogen and oxygen atoms in total. The second-order valence-electron chi connectivity index (χ2n) is 8.35. The van der Waals surface area contributed by atoms with Crippen LogP contribution in [0.2, 0.25) is 0 Å². The van der Waals surface area contributed by atoms with Crippen molar-refractivity contribution < 1.29 is 0 Å². The Morgan fingerprint density at radius 2 is 0.806 bits per heavy atom. The minimum absolute atomic E-state index is 0.758. The van der Waals surface area contributed by atoms with Crippen molar-refractivity contribution in [3.8, 4) is 0 Å². The van der Waals surface area contributed by atoms with Gasteiger partial charge in [0.15, 0.2) is 0 Å². The van der Waals surface area contributed by atoms with Crippen molar-refractivity contribution in [1.82, 2.24) is 19.9 Å². The Bertz CT molecular complexity index is 623. The van der Waals surface area contributed by atoms with Crippen molar-refractivity contribution in [2.75, 3.05) is 36.0 Å². The molecule has 0 unspecified atom stereocenters. The van der Waals surface area contributed by atoms with Crippen molar-refractivity contribution in [2.45, 2.75) is 85.5 Å². The lowest BCUT2D eigenvalue weighted by molar-refractivity contribution is 0.661. The van der Waals surface area contributed by atoms with Gasteiger partial charge in [0, 0.05) is 57.4 Å². The molecular formula is C25H42N6. The van der Waals surface area contributed by atoms with E-state index < -0.39 is 0 Å². The summed E-state index contributed by atoms with van der Waals surface area (Å²) in [7, 11) is 0. The topological polar surface area (TPSA) is 58.0 Å². The fraction of sp³-hybridized carbons (Fsp3) is 0.680. The molecule has 0 N–H and O–H groups in total. The summed E-state index contributed by atoms with van der Waals surface area (Å²) in [6.45, 7) is 13.0. The number of aromatic nitrogens is 4. The third kappa shape index (κ3) is 8.80. The second-order valence-corrected chi connectivity index (χ2v) is 8.35. The van der Waals surface area contributed by atoms with E-state index in [4.69, 9.17) is 0 Å². The lowest BCUT2D eigenvalue weighted by Crippen LogP contribution is -2.27. The average Bonchev–Trinajstić information content (AvgIpc) is 2.81. The molecule has 2 aromatic heterocycles. The van der Waals surface area contributed by atoms with Gasteiger partial charge in [0.25, 0.3) is 0 Å². The van der Waals surface area contributed by atoms with Crippen LogP contribution in [-0.2, 0) is 6.42 Å². The van der Waals surface area contributed by atoms with Crippen LogP contribution in [0.4, 0.5) is 11.9 Å². The molecule has 0 aliphatic rings. The number of anilines is 2. The van der Waals surface area contributed by atoms with Crippen molar-refractivity contribution in [2.24, 2.45) is 0 Å². The fourth-order valence-corrected chi connectivity index (χ4v) is 3.46. The van der Waals surface area contributed by atoms with E-state index in [9.17, 15) is 0 Å². The lowest BCUT2D eigenvalue weighted by Gasteiger charge is -2.22. The number of unbranched alkanes of at least 4 members (excludes halogenated alkanes) is 4. The maximum atomic E-state index is 4.66. The van der Waals surface area contributed by atoms with Crippen LogP contribution in [0, 0.1) is 0 Å². The smallest absolute Gasteiger partial charge is 0.225 e. The third-order valence-corrected chi connectivity index (χ3v) is 5.48. The Balaban J connectivity index is 2.00. The number of rotatable bonds is 16. The molecule has 0 amide bonds. The van der Waals surface area contributed by atoms with E-state index in [1.807, 2.05) is 24.8 Å². The van der Waals surface area contributed by atoms with Crippen molar-refractivity contribution in [1.29, 1.82) is 0 Å². The Morgan fingerprint density at radius 3 is 1.06 bits per heavy atom. The van der Waals surface area contributed by atoms with Gasteiger partial charge in [0.1, 0.15) is 0 Å². The minimum atomic E-state index is 0.758.